The second kappa shape index (κ2) is 6.72. The fourth-order valence-electron chi connectivity index (χ4n) is 2.75. The van der Waals surface area contributed by atoms with Crippen molar-refractivity contribution in [3.8, 4) is 11.5 Å². The molecule has 6 nitrogen and oxygen atoms in total. The summed E-state index contributed by atoms with van der Waals surface area (Å²) in [5.74, 6) is 1.25. The Morgan fingerprint density at radius 3 is 2.78 bits per heavy atom. The van der Waals surface area contributed by atoms with Gasteiger partial charge < -0.3 is 19.4 Å². The van der Waals surface area contributed by atoms with Crippen molar-refractivity contribution in [3.05, 3.63) is 27.3 Å². The van der Waals surface area contributed by atoms with E-state index in [1.807, 2.05) is 0 Å². The molecule has 124 valence electrons. The molecule has 2 aromatic rings. The van der Waals surface area contributed by atoms with Crippen molar-refractivity contribution in [3.63, 3.8) is 0 Å². The second-order valence-electron chi connectivity index (χ2n) is 5.95. The van der Waals surface area contributed by atoms with E-state index < -0.39 is 0 Å². The number of aromatic nitrogens is 2. The van der Waals surface area contributed by atoms with Crippen molar-refractivity contribution < 1.29 is 14.4 Å². The van der Waals surface area contributed by atoms with E-state index in [1.54, 1.807) is 16.7 Å². The van der Waals surface area contributed by atoms with Gasteiger partial charge in [-0.05, 0) is 24.7 Å². The first-order valence-corrected chi connectivity index (χ1v) is 8.38. The van der Waals surface area contributed by atoms with Crippen LogP contribution in [0.15, 0.2) is 16.9 Å². The molecule has 7 heteroatoms. The van der Waals surface area contributed by atoms with E-state index in [0.717, 1.165) is 13.1 Å². The number of quaternary nitrogens is 1. The van der Waals surface area contributed by atoms with E-state index in [1.165, 1.54) is 17.7 Å². The Morgan fingerprint density at radius 2 is 2.04 bits per heavy atom. The maximum absolute atomic E-state index is 12.7. The molecule has 0 aliphatic carbocycles. The van der Waals surface area contributed by atoms with Gasteiger partial charge in [-0.25, -0.2) is 0 Å². The van der Waals surface area contributed by atoms with Gasteiger partial charge in [0.1, 0.15) is 0 Å². The Morgan fingerprint density at radius 1 is 1.30 bits per heavy atom. The summed E-state index contributed by atoms with van der Waals surface area (Å²) in [6.07, 6.45) is 2.37. The van der Waals surface area contributed by atoms with E-state index >= 15 is 0 Å². The molecule has 0 spiro atoms. The topological polar surface area (TPSA) is 60.7 Å². The largest absolute Gasteiger partial charge is 0.454 e. The smallest absolute Gasteiger partial charge is 0.262 e. The molecular formula is C16H22N3O3S+. The van der Waals surface area contributed by atoms with Gasteiger partial charge in [-0.15, -0.1) is 0 Å². The predicted molar refractivity (Wildman–Crippen MR) is 91.0 cm³/mol. The molecule has 1 unspecified atom stereocenters. The molecule has 1 aliphatic rings. The standard InChI is InChI=1S/C16H21N3O3S/c1-3-4-5-18(2)6-7-19-15(20)11-8-13-14(22-10-21-13)9-12(11)17-16(19)23/h8-9H,3-7,10H2,1-2H3,(H,17,23)/p+1. The third-order valence-electron chi connectivity index (χ3n) is 4.19. The monoisotopic (exact) mass is 336 g/mol. The van der Waals surface area contributed by atoms with Gasteiger partial charge in [0, 0.05) is 6.07 Å². The highest BCUT2D eigenvalue weighted by molar-refractivity contribution is 7.71. The number of H-pyrrole nitrogens is 1. The maximum Gasteiger partial charge on any atom is 0.262 e. The van der Waals surface area contributed by atoms with E-state index in [0.29, 0.717) is 33.7 Å². The Labute approximate surface area is 139 Å². The van der Waals surface area contributed by atoms with E-state index in [4.69, 9.17) is 21.7 Å². The Balaban J connectivity index is 1.90. The van der Waals surface area contributed by atoms with Gasteiger partial charge >= 0.3 is 0 Å². The van der Waals surface area contributed by atoms with Crippen LogP contribution >= 0.6 is 12.2 Å². The number of hydrogen-bond donors (Lipinski definition) is 2. The normalized spacial score (nSPS) is 14.3. The van der Waals surface area contributed by atoms with Crippen molar-refractivity contribution in [2.75, 3.05) is 26.9 Å². The molecule has 1 aromatic heterocycles. The summed E-state index contributed by atoms with van der Waals surface area (Å²) in [6.45, 7) is 4.95. The van der Waals surface area contributed by atoms with Crippen LogP contribution in [-0.2, 0) is 6.54 Å². The summed E-state index contributed by atoms with van der Waals surface area (Å²) in [7, 11) is 2.15. The molecule has 0 amide bonds. The van der Waals surface area contributed by atoms with E-state index in [-0.39, 0.29) is 12.4 Å². The number of ether oxygens (including phenoxy) is 2. The molecule has 2 heterocycles. The quantitative estimate of drug-likeness (QED) is 0.776. The van der Waals surface area contributed by atoms with E-state index in [2.05, 4.69) is 19.0 Å². The second-order valence-corrected chi connectivity index (χ2v) is 6.34. The molecule has 1 aromatic carbocycles. The fourth-order valence-corrected chi connectivity index (χ4v) is 3.04. The zero-order valence-corrected chi connectivity index (χ0v) is 14.3. The van der Waals surface area contributed by atoms with Crippen molar-refractivity contribution in [2.45, 2.75) is 26.3 Å². The molecule has 2 N–H and O–H groups in total. The number of benzene rings is 1. The molecule has 0 saturated carbocycles. The fraction of sp³-hybridized carbons (Fsp3) is 0.500. The summed E-state index contributed by atoms with van der Waals surface area (Å²) in [6, 6.07) is 3.51. The predicted octanol–water partition coefficient (Wildman–Crippen LogP) is 1.10. The lowest BCUT2D eigenvalue weighted by Gasteiger charge is -2.15. The van der Waals surface area contributed by atoms with Gasteiger partial charge in [-0.2, -0.15) is 0 Å². The number of likely N-dealkylation sites (N-methyl/N-ethyl adjacent to an activating group) is 1. The Hall–Kier alpha value is -1.86. The molecular weight excluding hydrogens is 314 g/mol. The number of nitrogens with zero attached hydrogens (tertiary/aromatic N) is 1. The molecule has 0 bridgehead atoms. The summed E-state index contributed by atoms with van der Waals surface area (Å²) < 4.78 is 12.8. The lowest BCUT2D eigenvalue weighted by atomic mass is 10.2. The minimum Gasteiger partial charge on any atom is -0.454 e. The van der Waals surface area contributed by atoms with Gasteiger partial charge in [0.05, 0.1) is 37.6 Å². The number of hydrogen-bond acceptors (Lipinski definition) is 4. The van der Waals surface area contributed by atoms with Crippen LogP contribution in [0.3, 0.4) is 0 Å². The third kappa shape index (κ3) is 3.25. The molecule has 1 aliphatic heterocycles. The number of unbranched alkanes of at least 4 members (excludes halogenated alkanes) is 1. The Kier molecular flexibility index (Phi) is 4.68. The van der Waals surface area contributed by atoms with Crippen LogP contribution in [0.2, 0.25) is 0 Å². The van der Waals surface area contributed by atoms with Crippen LogP contribution in [0.25, 0.3) is 10.9 Å². The van der Waals surface area contributed by atoms with E-state index in [9.17, 15) is 4.79 Å². The van der Waals surface area contributed by atoms with Crippen molar-refractivity contribution >= 4 is 23.1 Å². The minimum atomic E-state index is -0.0784. The van der Waals surface area contributed by atoms with Crippen LogP contribution in [0.4, 0.5) is 0 Å². The van der Waals surface area contributed by atoms with Gasteiger partial charge in [-0.3, -0.25) is 9.36 Å². The molecule has 23 heavy (non-hydrogen) atoms. The average Bonchev–Trinajstić information content (AvgIpc) is 2.98. The first kappa shape index (κ1) is 16.0. The first-order chi connectivity index (χ1) is 11.1. The third-order valence-corrected chi connectivity index (χ3v) is 4.52. The van der Waals surface area contributed by atoms with Crippen molar-refractivity contribution in [1.82, 2.24) is 9.55 Å². The lowest BCUT2D eigenvalue weighted by Crippen LogP contribution is -3.09. The molecule has 3 rings (SSSR count). The van der Waals surface area contributed by atoms with Gasteiger partial charge in [0.25, 0.3) is 5.56 Å². The van der Waals surface area contributed by atoms with Crippen LogP contribution < -0.4 is 19.9 Å². The van der Waals surface area contributed by atoms with Crippen LogP contribution in [0, 0.1) is 4.77 Å². The molecule has 0 radical (unpaired) electrons. The summed E-state index contributed by atoms with van der Waals surface area (Å²) in [4.78, 5) is 17.3. The van der Waals surface area contributed by atoms with Crippen molar-refractivity contribution in [1.29, 1.82) is 0 Å². The Bertz CT molecular complexity index is 828. The first-order valence-electron chi connectivity index (χ1n) is 7.98. The number of nitrogens with one attached hydrogen (secondary N) is 2. The summed E-state index contributed by atoms with van der Waals surface area (Å²) in [5.41, 5.74) is 0.609. The molecule has 0 fully saturated rings. The van der Waals surface area contributed by atoms with Gasteiger partial charge in [0.2, 0.25) is 6.79 Å². The molecule has 0 saturated heterocycles. The molecule has 1 atom stereocenters. The van der Waals surface area contributed by atoms with Crippen LogP contribution in [-0.4, -0.2) is 36.5 Å². The highest BCUT2D eigenvalue weighted by Crippen LogP contribution is 2.34. The highest BCUT2D eigenvalue weighted by Gasteiger charge is 2.17. The SMILES string of the molecule is CCCC[NH+](C)CCn1c(=S)[nH]c2cc3c(cc2c1=O)OCO3. The highest BCUT2D eigenvalue weighted by atomic mass is 32.1. The number of aromatic amines is 1. The summed E-state index contributed by atoms with van der Waals surface area (Å²) >= 11 is 5.36. The number of fused-ring (bicyclic) bond motifs is 2. The van der Waals surface area contributed by atoms with Crippen molar-refractivity contribution in [2.24, 2.45) is 0 Å². The zero-order chi connectivity index (χ0) is 16.4. The lowest BCUT2D eigenvalue weighted by molar-refractivity contribution is -0.880. The summed E-state index contributed by atoms with van der Waals surface area (Å²) in [5, 5.41) is 0.578. The average molecular weight is 336 g/mol. The van der Waals surface area contributed by atoms with Crippen LogP contribution in [0.5, 0.6) is 11.5 Å². The van der Waals surface area contributed by atoms with Gasteiger partial charge in [0.15, 0.2) is 16.3 Å². The minimum absolute atomic E-state index is 0.0784. The zero-order valence-electron chi connectivity index (χ0n) is 13.5. The number of rotatable bonds is 6. The van der Waals surface area contributed by atoms with Gasteiger partial charge in [-0.1, -0.05) is 13.3 Å². The van der Waals surface area contributed by atoms with Crippen LogP contribution in [0.1, 0.15) is 19.8 Å². The maximum atomic E-state index is 12.7.